The molecule has 2 aromatic heterocycles. The van der Waals surface area contributed by atoms with Gasteiger partial charge in [-0.25, -0.2) is 0 Å². The number of carbonyl (C=O) groups excluding carboxylic acids is 1. The van der Waals surface area contributed by atoms with Gasteiger partial charge < -0.3 is 9.32 Å². The molecule has 1 saturated heterocycles. The zero-order chi connectivity index (χ0) is 21.6. The van der Waals surface area contributed by atoms with E-state index in [0.29, 0.717) is 18.2 Å². The lowest BCUT2D eigenvalue weighted by molar-refractivity contribution is 0.0639. The Morgan fingerprint density at radius 2 is 1.90 bits per heavy atom. The van der Waals surface area contributed by atoms with Gasteiger partial charge in [-0.3, -0.25) is 14.7 Å². The average Bonchev–Trinajstić information content (AvgIpc) is 3.22. The lowest BCUT2D eigenvalue weighted by Crippen LogP contribution is -2.40. The largest absolute Gasteiger partial charge is 0.459 e. The standard InChI is InChI=1S/C26H31N3O2/c1-20-6-3-4-8-24(20)19-28-13-9-22(10-14-28)17-29(18-23-7-5-12-27-16-23)26(30)25-21(2)11-15-31-25/h3-8,11-12,15-16,22H,9-10,13-14,17-19H2,1-2H3. The van der Waals surface area contributed by atoms with E-state index >= 15 is 0 Å². The minimum Gasteiger partial charge on any atom is -0.459 e. The smallest absolute Gasteiger partial charge is 0.290 e. The zero-order valence-corrected chi connectivity index (χ0v) is 18.5. The number of piperidine rings is 1. The molecule has 1 aliphatic rings. The highest BCUT2D eigenvalue weighted by Crippen LogP contribution is 2.23. The third-order valence-electron chi connectivity index (χ3n) is 6.28. The molecule has 4 rings (SSSR count). The third kappa shape index (κ3) is 5.42. The van der Waals surface area contributed by atoms with Gasteiger partial charge in [-0.1, -0.05) is 30.3 Å². The monoisotopic (exact) mass is 417 g/mol. The van der Waals surface area contributed by atoms with Crippen molar-refractivity contribution in [3.05, 3.63) is 89.1 Å². The summed E-state index contributed by atoms with van der Waals surface area (Å²) in [6.45, 7) is 8.52. The molecule has 1 fully saturated rings. The molecular weight excluding hydrogens is 386 g/mol. The number of aryl methyl sites for hydroxylation is 2. The molecule has 31 heavy (non-hydrogen) atoms. The fraction of sp³-hybridized carbons (Fsp3) is 0.385. The van der Waals surface area contributed by atoms with E-state index in [4.69, 9.17) is 4.42 Å². The van der Waals surface area contributed by atoms with Gasteiger partial charge in [0.2, 0.25) is 0 Å². The molecule has 1 amide bonds. The van der Waals surface area contributed by atoms with Crippen molar-refractivity contribution in [2.24, 2.45) is 5.92 Å². The second kappa shape index (κ2) is 9.92. The lowest BCUT2D eigenvalue weighted by Gasteiger charge is -2.35. The minimum absolute atomic E-state index is 0.0336. The summed E-state index contributed by atoms with van der Waals surface area (Å²) in [5.74, 6) is 0.901. The molecule has 0 spiro atoms. The first kappa shape index (κ1) is 21.3. The van der Waals surface area contributed by atoms with Crippen LogP contribution in [0.25, 0.3) is 0 Å². The second-order valence-corrected chi connectivity index (χ2v) is 8.63. The lowest BCUT2D eigenvalue weighted by atomic mass is 9.95. The van der Waals surface area contributed by atoms with Gasteiger partial charge in [0.05, 0.1) is 6.26 Å². The van der Waals surface area contributed by atoms with Crippen LogP contribution in [0, 0.1) is 19.8 Å². The molecule has 0 unspecified atom stereocenters. The van der Waals surface area contributed by atoms with Gasteiger partial charge in [0.15, 0.2) is 5.76 Å². The number of hydrogen-bond acceptors (Lipinski definition) is 4. The number of benzene rings is 1. The van der Waals surface area contributed by atoms with E-state index in [-0.39, 0.29) is 5.91 Å². The van der Waals surface area contributed by atoms with E-state index < -0.39 is 0 Å². The maximum absolute atomic E-state index is 13.2. The first-order valence-electron chi connectivity index (χ1n) is 11.1. The number of nitrogens with zero attached hydrogens (tertiary/aromatic N) is 3. The third-order valence-corrected chi connectivity index (χ3v) is 6.28. The van der Waals surface area contributed by atoms with Crippen LogP contribution in [-0.2, 0) is 13.1 Å². The van der Waals surface area contributed by atoms with Gasteiger partial charge >= 0.3 is 0 Å². The number of furan rings is 1. The Morgan fingerprint density at radius 1 is 1.10 bits per heavy atom. The quantitative estimate of drug-likeness (QED) is 0.552. The van der Waals surface area contributed by atoms with Crippen molar-refractivity contribution in [1.29, 1.82) is 0 Å². The van der Waals surface area contributed by atoms with E-state index in [1.54, 1.807) is 12.5 Å². The van der Waals surface area contributed by atoms with Crippen molar-refractivity contribution in [3.8, 4) is 0 Å². The normalized spacial score (nSPS) is 15.2. The van der Waals surface area contributed by atoms with E-state index in [2.05, 4.69) is 41.1 Å². The maximum atomic E-state index is 13.2. The molecule has 162 valence electrons. The Bertz CT molecular complexity index is 991. The molecule has 5 heteroatoms. The summed E-state index contributed by atoms with van der Waals surface area (Å²) >= 11 is 0. The maximum Gasteiger partial charge on any atom is 0.290 e. The number of rotatable bonds is 7. The van der Waals surface area contributed by atoms with Crippen LogP contribution in [0.3, 0.4) is 0 Å². The zero-order valence-electron chi connectivity index (χ0n) is 18.5. The number of carbonyl (C=O) groups is 1. The van der Waals surface area contributed by atoms with Crippen molar-refractivity contribution < 1.29 is 9.21 Å². The Balaban J connectivity index is 1.40. The van der Waals surface area contributed by atoms with Gasteiger partial charge in [-0.15, -0.1) is 0 Å². The van der Waals surface area contributed by atoms with Crippen molar-refractivity contribution in [2.75, 3.05) is 19.6 Å². The van der Waals surface area contributed by atoms with Gasteiger partial charge in [-0.05, 0) is 74.5 Å². The van der Waals surface area contributed by atoms with Crippen LogP contribution in [0.1, 0.15) is 45.7 Å². The predicted molar refractivity (Wildman–Crippen MR) is 122 cm³/mol. The van der Waals surface area contributed by atoms with Gasteiger partial charge in [0.25, 0.3) is 5.91 Å². The Morgan fingerprint density at radius 3 is 2.58 bits per heavy atom. The summed E-state index contributed by atoms with van der Waals surface area (Å²) in [5, 5.41) is 0. The Kier molecular flexibility index (Phi) is 6.82. The summed E-state index contributed by atoms with van der Waals surface area (Å²) in [6.07, 6.45) is 7.38. The molecule has 0 bridgehead atoms. The SMILES string of the molecule is Cc1ccccc1CN1CCC(CN(Cc2cccnc2)C(=O)c2occc2C)CC1. The molecule has 1 aromatic carbocycles. The molecule has 3 aromatic rings. The Hall–Kier alpha value is -2.92. The molecule has 5 nitrogen and oxygen atoms in total. The summed E-state index contributed by atoms with van der Waals surface area (Å²) in [6, 6.07) is 14.4. The fourth-order valence-corrected chi connectivity index (χ4v) is 4.33. The van der Waals surface area contributed by atoms with Gasteiger partial charge in [0.1, 0.15) is 0 Å². The van der Waals surface area contributed by atoms with Crippen LogP contribution in [0.2, 0.25) is 0 Å². The second-order valence-electron chi connectivity index (χ2n) is 8.63. The van der Waals surface area contributed by atoms with Crippen molar-refractivity contribution in [3.63, 3.8) is 0 Å². The fourth-order valence-electron chi connectivity index (χ4n) is 4.33. The highest BCUT2D eigenvalue weighted by molar-refractivity contribution is 5.92. The first-order chi connectivity index (χ1) is 15.1. The topological polar surface area (TPSA) is 49.6 Å². The van der Waals surface area contributed by atoms with Crippen molar-refractivity contribution >= 4 is 5.91 Å². The Labute approximate surface area is 184 Å². The average molecular weight is 418 g/mol. The van der Waals surface area contributed by atoms with Crippen LogP contribution in [0.4, 0.5) is 0 Å². The van der Waals surface area contributed by atoms with E-state index in [0.717, 1.165) is 50.1 Å². The van der Waals surface area contributed by atoms with Crippen molar-refractivity contribution in [1.82, 2.24) is 14.8 Å². The van der Waals surface area contributed by atoms with Crippen LogP contribution in [0.15, 0.2) is 65.5 Å². The molecule has 0 aliphatic carbocycles. The molecule has 0 radical (unpaired) electrons. The van der Waals surface area contributed by atoms with Gasteiger partial charge in [-0.2, -0.15) is 0 Å². The van der Waals surface area contributed by atoms with E-state index in [1.807, 2.05) is 36.2 Å². The molecule has 0 atom stereocenters. The van der Waals surface area contributed by atoms with Crippen LogP contribution in [-0.4, -0.2) is 40.3 Å². The highest BCUT2D eigenvalue weighted by atomic mass is 16.3. The number of hydrogen-bond donors (Lipinski definition) is 0. The number of pyridine rings is 1. The van der Waals surface area contributed by atoms with E-state index in [9.17, 15) is 4.79 Å². The van der Waals surface area contributed by atoms with Crippen LogP contribution in [0.5, 0.6) is 0 Å². The van der Waals surface area contributed by atoms with Crippen LogP contribution < -0.4 is 0 Å². The summed E-state index contributed by atoms with van der Waals surface area (Å²) in [5.41, 5.74) is 4.68. The molecule has 1 aliphatic heterocycles. The minimum atomic E-state index is -0.0336. The highest BCUT2D eigenvalue weighted by Gasteiger charge is 2.27. The molecular formula is C26H31N3O2. The molecule has 3 heterocycles. The number of aromatic nitrogens is 1. The van der Waals surface area contributed by atoms with Crippen molar-refractivity contribution in [2.45, 2.75) is 39.8 Å². The summed E-state index contributed by atoms with van der Waals surface area (Å²) in [7, 11) is 0. The van der Waals surface area contributed by atoms with Crippen LogP contribution >= 0.6 is 0 Å². The summed E-state index contributed by atoms with van der Waals surface area (Å²) in [4.78, 5) is 21.9. The first-order valence-corrected chi connectivity index (χ1v) is 11.1. The molecule has 0 saturated carbocycles. The van der Waals surface area contributed by atoms with E-state index in [1.165, 1.54) is 11.1 Å². The van der Waals surface area contributed by atoms with Gasteiger partial charge in [0, 0.05) is 37.6 Å². The molecule has 0 N–H and O–H groups in total. The summed E-state index contributed by atoms with van der Waals surface area (Å²) < 4.78 is 5.51. The number of amides is 1. The predicted octanol–water partition coefficient (Wildman–Crippen LogP) is 4.85. The number of likely N-dealkylation sites (tertiary alicyclic amines) is 1.